The van der Waals surface area contributed by atoms with E-state index in [0.717, 1.165) is 24.8 Å². The summed E-state index contributed by atoms with van der Waals surface area (Å²) in [5.74, 6) is 5.48. The molecule has 0 aliphatic rings. The van der Waals surface area contributed by atoms with E-state index in [4.69, 9.17) is 10.6 Å². The number of hydrazine groups is 1. The Morgan fingerprint density at radius 3 is 2.85 bits per heavy atom. The zero-order valence-corrected chi connectivity index (χ0v) is 12.3. The molecule has 0 aliphatic carbocycles. The summed E-state index contributed by atoms with van der Waals surface area (Å²) in [6.07, 6.45) is 2.89. The largest absolute Gasteiger partial charge is 0.494 e. The third-order valence-electron chi connectivity index (χ3n) is 3.28. The van der Waals surface area contributed by atoms with Crippen LogP contribution in [0.15, 0.2) is 35.7 Å². The highest BCUT2D eigenvalue weighted by Gasteiger charge is 2.12. The molecule has 108 valence electrons. The lowest BCUT2D eigenvalue weighted by atomic mass is 10.0. The minimum atomic E-state index is -0.358. The second-order valence-electron chi connectivity index (χ2n) is 4.58. The first kappa shape index (κ1) is 15.0. The van der Waals surface area contributed by atoms with E-state index in [2.05, 4.69) is 22.9 Å². The van der Waals surface area contributed by atoms with Gasteiger partial charge in [-0.05, 0) is 48.4 Å². The normalized spacial score (nSPS) is 12.3. The van der Waals surface area contributed by atoms with Gasteiger partial charge in [0.1, 0.15) is 0 Å². The Bertz CT molecular complexity index is 531. The number of aryl methyl sites for hydroxylation is 1. The SMILES string of the molecule is COc1ccc(C(CCCc2cccs2)NN)cc1F. The first-order valence-corrected chi connectivity index (χ1v) is 7.44. The number of thiophene rings is 1. The molecule has 20 heavy (non-hydrogen) atoms. The molecule has 1 heterocycles. The molecule has 2 aromatic rings. The monoisotopic (exact) mass is 294 g/mol. The molecule has 0 radical (unpaired) electrons. The Morgan fingerprint density at radius 2 is 2.25 bits per heavy atom. The molecule has 0 bridgehead atoms. The van der Waals surface area contributed by atoms with Crippen molar-refractivity contribution >= 4 is 11.3 Å². The van der Waals surface area contributed by atoms with E-state index in [1.54, 1.807) is 17.4 Å². The van der Waals surface area contributed by atoms with Crippen LogP contribution in [0.1, 0.15) is 29.3 Å². The van der Waals surface area contributed by atoms with Gasteiger partial charge in [0.05, 0.1) is 7.11 Å². The summed E-state index contributed by atoms with van der Waals surface area (Å²) >= 11 is 1.76. The number of hydrogen-bond donors (Lipinski definition) is 2. The first-order chi connectivity index (χ1) is 9.74. The van der Waals surface area contributed by atoms with Gasteiger partial charge in [-0.3, -0.25) is 11.3 Å². The van der Waals surface area contributed by atoms with E-state index in [1.807, 2.05) is 6.07 Å². The molecular weight excluding hydrogens is 275 g/mol. The number of nitrogens with two attached hydrogens (primary N) is 1. The van der Waals surface area contributed by atoms with Crippen LogP contribution in [0.2, 0.25) is 0 Å². The molecule has 0 spiro atoms. The Labute approximate surface area is 122 Å². The van der Waals surface area contributed by atoms with Crippen molar-refractivity contribution in [2.24, 2.45) is 5.84 Å². The van der Waals surface area contributed by atoms with Crippen molar-refractivity contribution in [3.63, 3.8) is 0 Å². The Balaban J connectivity index is 1.95. The fourth-order valence-corrected chi connectivity index (χ4v) is 2.93. The van der Waals surface area contributed by atoms with Crippen LogP contribution in [0.3, 0.4) is 0 Å². The molecule has 2 rings (SSSR count). The van der Waals surface area contributed by atoms with Crippen molar-refractivity contribution in [1.82, 2.24) is 5.43 Å². The van der Waals surface area contributed by atoms with Gasteiger partial charge in [0, 0.05) is 10.9 Å². The first-order valence-electron chi connectivity index (χ1n) is 6.56. The molecule has 0 amide bonds. The summed E-state index contributed by atoms with van der Waals surface area (Å²) in [4.78, 5) is 1.36. The molecule has 0 aliphatic heterocycles. The topological polar surface area (TPSA) is 47.3 Å². The van der Waals surface area contributed by atoms with Crippen LogP contribution in [-0.4, -0.2) is 7.11 Å². The van der Waals surface area contributed by atoms with Crippen molar-refractivity contribution in [3.05, 3.63) is 52.0 Å². The number of ether oxygens (including phenoxy) is 1. The van der Waals surface area contributed by atoms with E-state index in [0.29, 0.717) is 0 Å². The lowest BCUT2D eigenvalue weighted by Gasteiger charge is -2.16. The van der Waals surface area contributed by atoms with Crippen LogP contribution >= 0.6 is 11.3 Å². The van der Waals surface area contributed by atoms with Crippen molar-refractivity contribution in [3.8, 4) is 5.75 Å². The maximum atomic E-state index is 13.7. The molecule has 0 saturated heterocycles. The maximum Gasteiger partial charge on any atom is 0.165 e. The van der Waals surface area contributed by atoms with Gasteiger partial charge in [0.25, 0.3) is 0 Å². The molecule has 1 unspecified atom stereocenters. The summed E-state index contributed by atoms with van der Waals surface area (Å²) in [5.41, 5.74) is 3.60. The summed E-state index contributed by atoms with van der Waals surface area (Å²) in [6, 6.07) is 9.09. The van der Waals surface area contributed by atoms with Crippen LogP contribution in [0.5, 0.6) is 5.75 Å². The van der Waals surface area contributed by atoms with Crippen LogP contribution in [0.4, 0.5) is 4.39 Å². The summed E-state index contributed by atoms with van der Waals surface area (Å²) in [6.45, 7) is 0. The van der Waals surface area contributed by atoms with Crippen molar-refractivity contribution < 1.29 is 9.13 Å². The second kappa shape index (κ2) is 7.38. The highest BCUT2D eigenvalue weighted by molar-refractivity contribution is 7.09. The van der Waals surface area contributed by atoms with Gasteiger partial charge in [-0.1, -0.05) is 12.1 Å². The van der Waals surface area contributed by atoms with Crippen LogP contribution < -0.4 is 16.0 Å². The summed E-state index contributed by atoms with van der Waals surface area (Å²) in [7, 11) is 1.46. The van der Waals surface area contributed by atoms with Crippen molar-refractivity contribution in [1.29, 1.82) is 0 Å². The fourth-order valence-electron chi connectivity index (χ4n) is 2.18. The van der Waals surface area contributed by atoms with Gasteiger partial charge in [0.15, 0.2) is 11.6 Å². The molecular formula is C15H19FN2OS. The average molecular weight is 294 g/mol. The third-order valence-corrected chi connectivity index (χ3v) is 4.21. The molecule has 1 aromatic heterocycles. The minimum absolute atomic E-state index is 0.0460. The van der Waals surface area contributed by atoms with E-state index < -0.39 is 0 Å². The number of hydrogen-bond acceptors (Lipinski definition) is 4. The number of benzene rings is 1. The molecule has 5 heteroatoms. The Hall–Kier alpha value is -1.43. The third kappa shape index (κ3) is 3.79. The van der Waals surface area contributed by atoms with Crippen molar-refractivity contribution in [2.75, 3.05) is 7.11 Å². The van der Waals surface area contributed by atoms with Gasteiger partial charge in [-0.15, -0.1) is 11.3 Å². The summed E-state index contributed by atoms with van der Waals surface area (Å²) in [5, 5.41) is 2.08. The number of nitrogens with one attached hydrogen (secondary N) is 1. The van der Waals surface area contributed by atoms with E-state index in [1.165, 1.54) is 18.1 Å². The number of methoxy groups -OCH3 is 1. The average Bonchev–Trinajstić information content (AvgIpc) is 2.97. The molecule has 3 N–H and O–H groups in total. The zero-order valence-electron chi connectivity index (χ0n) is 11.4. The standard InChI is InChI=1S/C15H19FN2OS/c1-19-15-8-7-11(10-13(15)16)14(18-17)6-2-4-12-5-3-9-20-12/h3,5,7-10,14,18H,2,4,6,17H2,1H3. The van der Waals surface area contributed by atoms with Crippen molar-refractivity contribution in [2.45, 2.75) is 25.3 Å². The predicted octanol–water partition coefficient (Wildman–Crippen LogP) is 3.42. The lowest BCUT2D eigenvalue weighted by molar-refractivity contribution is 0.385. The zero-order chi connectivity index (χ0) is 14.4. The maximum absolute atomic E-state index is 13.7. The molecule has 0 fully saturated rings. The Morgan fingerprint density at radius 1 is 1.40 bits per heavy atom. The number of halogens is 1. The van der Waals surface area contributed by atoms with E-state index in [-0.39, 0.29) is 17.6 Å². The van der Waals surface area contributed by atoms with Gasteiger partial charge < -0.3 is 4.74 Å². The highest BCUT2D eigenvalue weighted by atomic mass is 32.1. The minimum Gasteiger partial charge on any atom is -0.494 e. The van der Waals surface area contributed by atoms with Gasteiger partial charge >= 0.3 is 0 Å². The molecule has 1 atom stereocenters. The quantitative estimate of drug-likeness (QED) is 0.607. The molecule has 1 aromatic carbocycles. The van der Waals surface area contributed by atoms with Crippen LogP contribution in [0.25, 0.3) is 0 Å². The Kier molecular flexibility index (Phi) is 5.52. The van der Waals surface area contributed by atoms with Crippen LogP contribution in [0, 0.1) is 5.82 Å². The van der Waals surface area contributed by atoms with E-state index >= 15 is 0 Å². The lowest BCUT2D eigenvalue weighted by Crippen LogP contribution is -2.28. The highest BCUT2D eigenvalue weighted by Crippen LogP contribution is 2.25. The fraction of sp³-hybridized carbons (Fsp3) is 0.333. The van der Waals surface area contributed by atoms with E-state index in [9.17, 15) is 4.39 Å². The van der Waals surface area contributed by atoms with Gasteiger partial charge in [-0.2, -0.15) is 0 Å². The van der Waals surface area contributed by atoms with Gasteiger partial charge in [-0.25, -0.2) is 4.39 Å². The molecule has 0 saturated carbocycles. The smallest absolute Gasteiger partial charge is 0.165 e. The predicted molar refractivity (Wildman–Crippen MR) is 80.3 cm³/mol. The van der Waals surface area contributed by atoms with Gasteiger partial charge in [0.2, 0.25) is 0 Å². The second-order valence-corrected chi connectivity index (χ2v) is 5.62. The number of rotatable bonds is 7. The molecule has 3 nitrogen and oxygen atoms in total. The van der Waals surface area contributed by atoms with Crippen LogP contribution in [-0.2, 0) is 6.42 Å². The summed E-state index contributed by atoms with van der Waals surface area (Å²) < 4.78 is 18.6.